The summed E-state index contributed by atoms with van der Waals surface area (Å²) in [4.78, 5) is 16.7. The second-order valence-electron chi connectivity index (χ2n) is 8.50. The van der Waals surface area contributed by atoms with Crippen LogP contribution in [0.5, 0.6) is 0 Å². The summed E-state index contributed by atoms with van der Waals surface area (Å²) < 4.78 is 37.8. The number of aryl methyl sites for hydroxylation is 2. The van der Waals surface area contributed by atoms with Gasteiger partial charge in [-0.3, -0.25) is 4.79 Å². The van der Waals surface area contributed by atoms with E-state index in [0.717, 1.165) is 42.4 Å². The van der Waals surface area contributed by atoms with Crippen LogP contribution in [0.15, 0.2) is 57.9 Å². The molecule has 4 rings (SSSR count). The van der Waals surface area contributed by atoms with Crippen LogP contribution in [0.3, 0.4) is 0 Å². The van der Waals surface area contributed by atoms with Crippen LogP contribution in [0.2, 0.25) is 0 Å². The number of carbonyl (C=O) groups is 1. The van der Waals surface area contributed by atoms with Crippen molar-refractivity contribution in [2.24, 2.45) is 0 Å². The Hall–Kier alpha value is -3.04. The molecule has 0 amide bonds. The van der Waals surface area contributed by atoms with Crippen LogP contribution in [0.4, 0.5) is 0 Å². The van der Waals surface area contributed by atoms with Gasteiger partial charge < -0.3 is 9.26 Å². The lowest BCUT2D eigenvalue weighted by Crippen LogP contribution is -2.31. The van der Waals surface area contributed by atoms with Gasteiger partial charge in [0, 0.05) is 25.1 Å². The monoisotopic (exact) mass is 483 g/mol. The summed E-state index contributed by atoms with van der Waals surface area (Å²) in [5.41, 5.74) is 2.80. The maximum Gasteiger partial charge on any atom is 0.306 e. The molecule has 2 aromatic carbocycles. The molecule has 1 fully saturated rings. The van der Waals surface area contributed by atoms with E-state index in [1.807, 2.05) is 31.2 Å². The number of rotatable bonds is 8. The van der Waals surface area contributed by atoms with E-state index < -0.39 is 10.0 Å². The molecule has 3 aromatic rings. The number of esters is 1. The molecule has 0 saturated carbocycles. The van der Waals surface area contributed by atoms with E-state index in [4.69, 9.17) is 9.26 Å². The predicted molar refractivity (Wildman–Crippen MR) is 126 cm³/mol. The Balaban J connectivity index is 1.26. The van der Waals surface area contributed by atoms with Crippen LogP contribution < -0.4 is 0 Å². The van der Waals surface area contributed by atoms with Gasteiger partial charge in [-0.25, -0.2) is 8.42 Å². The van der Waals surface area contributed by atoms with Crippen LogP contribution >= 0.6 is 0 Å². The van der Waals surface area contributed by atoms with Gasteiger partial charge in [0.15, 0.2) is 6.61 Å². The topological polar surface area (TPSA) is 103 Å². The number of aromatic nitrogens is 2. The van der Waals surface area contributed by atoms with Crippen molar-refractivity contribution in [2.45, 2.75) is 57.0 Å². The van der Waals surface area contributed by atoms with Gasteiger partial charge in [-0.15, -0.1) is 0 Å². The third-order valence-corrected chi connectivity index (χ3v) is 7.79. The number of sulfonamides is 1. The number of hydrogen-bond acceptors (Lipinski definition) is 7. The summed E-state index contributed by atoms with van der Waals surface area (Å²) in [5.74, 6) is 0.288. The normalized spacial score (nSPS) is 15.1. The maximum absolute atomic E-state index is 12.9. The Morgan fingerprint density at radius 2 is 1.68 bits per heavy atom. The highest BCUT2D eigenvalue weighted by atomic mass is 32.2. The molecule has 0 radical (unpaired) electrons. The maximum atomic E-state index is 12.9. The number of nitrogens with zero attached hydrogens (tertiary/aromatic N) is 3. The Morgan fingerprint density at radius 1 is 1.00 bits per heavy atom. The zero-order valence-electron chi connectivity index (χ0n) is 19.3. The third-order valence-electron chi connectivity index (χ3n) is 5.87. The minimum atomic E-state index is -3.47. The summed E-state index contributed by atoms with van der Waals surface area (Å²) in [7, 11) is -3.47. The van der Waals surface area contributed by atoms with Crippen LogP contribution in [-0.4, -0.2) is 41.9 Å². The van der Waals surface area contributed by atoms with Crippen molar-refractivity contribution in [1.29, 1.82) is 0 Å². The number of benzene rings is 2. The molecule has 0 atom stereocenters. The molecule has 1 aliphatic heterocycles. The van der Waals surface area contributed by atoms with Crippen molar-refractivity contribution >= 4 is 16.0 Å². The first-order valence-corrected chi connectivity index (χ1v) is 13.0. The summed E-state index contributed by atoms with van der Waals surface area (Å²) in [6, 6.07) is 14.4. The second kappa shape index (κ2) is 10.9. The van der Waals surface area contributed by atoms with Gasteiger partial charge in [-0.05, 0) is 56.0 Å². The van der Waals surface area contributed by atoms with Crippen molar-refractivity contribution in [2.75, 3.05) is 13.1 Å². The third kappa shape index (κ3) is 6.09. The second-order valence-corrected chi connectivity index (χ2v) is 10.4. The van der Waals surface area contributed by atoms with Crippen molar-refractivity contribution < 1.29 is 22.5 Å². The molecule has 2 heterocycles. The van der Waals surface area contributed by atoms with Crippen molar-refractivity contribution in [1.82, 2.24) is 14.4 Å². The number of ether oxygens (including phenoxy) is 1. The smallest absolute Gasteiger partial charge is 0.306 e. The lowest BCUT2D eigenvalue weighted by atomic mass is 10.1. The predicted octanol–water partition coefficient (Wildman–Crippen LogP) is 4.29. The average Bonchev–Trinajstić information content (AvgIpc) is 3.14. The molecule has 0 unspecified atom stereocenters. The molecule has 9 heteroatoms. The molecule has 34 heavy (non-hydrogen) atoms. The van der Waals surface area contributed by atoms with E-state index in [-0.39, 0.29) is 19.0 Å². The van der Waals surface area contributed by atoms with Gasteiger partial charge in [0.25, 0.3) is 5.89 Å². The quantitative estimate of drug-likeness (QED) is 0.441. The molecule has 0 spiro atoms. The zero-order chi connectivity index (χ0) is 24.0. The van der Waals surface area contributed by atoms with E-state index in [9.17, 15) is 13.2 Å². The van der Waals surface area contributed by atoms with E-state index in [1.54, 1.807) is 28.6 Å². The van der Waals surface area contributed by atoms with E-state index in [1.165, 1.54) is 0 Å². The summed E-state index contributed by atoms with van der Waals surface area (Å²) in [6.07, 6.45) is 4.56. The minimum Gasteiger partial charge on any atom is -0.457 e. The molecule has 1 saturated heterocycles. The summed E-state index contributed by atoms with van der Waals surface area (Å²) in [6.45, 7) is 3.07. The van der Waals surface area contributed by atoms with Gasteiger partial charge in [0.1, 0.15) is 0 Å². The van der Waals surface area contributed by atoms with E-state index in [0.29, 0.717) is 36.1 Å². The highest BCUT2D eigenvalue weighted by Gasteiger charge is 2.25. The fourth-order valence-corrected chi connectivity index (χ4v) is 5.37. The Morgan fingerprint density at radius 3 is 2.35 bits per heavy atom. The molecule has 0 N–H and O–H groups in total. The SMILES string of the molecule is Cc1ccc(-c2nc(COC(=O)CCc3ccc(S(=O)(=O)N4CCCCCC4)cc3)no2)cc1. The molecule has 1 aromatic heterocycles. The van der Waals surface area contributed by atoms with Crippen molar-refractivity contribution in [3.05, 3.63) is 65.5 Å². The average molecular weight is 484 g/mol. The number of hydrogen-bond donors (Lipinski definition) is 0. The van der Waals surface area contributed by atoms with Gasteiger partial charge in [-0.1, -0.05) is 47.8 Å². The van der Waals surface area contributed by atoms with Crippen LogP contribution in [0, 0.1) is 6.92 Å². The molecule has 1 aliphatic rings. The van der Waals surface area contributed by atoms with Crippen LogP contribution in [-0.2, 0) is 32.6 Å². The summed E-state index contributed by atoms with van der Waals surface area (Å²) in [5, 5.41) is 3.86. The molecule has 180 valence electrons. The molecule has 0 bridgehead atoms. The first kappa shape index (κ1) is 24.1. The van der Waals surface area contributed by atoms with Gasteiger partial charge in [0.2, 0.25) is 15.8 Å². The lowest BCUT2D eigenvalue weighted by molar-refractivity contribution is -0.145. The van der Waals surface area contributed by atoms with Gasteiger partial charge >= 0.3 is 5.97 Å². The molecule has 0 aliphatic carbocycles. The van der Waals surface area contributed by atoms with Crippen molar-refractivity contribution in [3.63, 3.8) is 0 Å². The highest BCUT2D eigenvalue weighted by molar-refractivity contribution is 7.89. The molecular formula is C25H29N3O5S. The van der Waals surface area contributed by atoms with Gasteiger partial charge in [0.05, 0.1) is 4.90 Å². The Bertz CT molecular complexity index is 1200. The van der Waals surface area contributed by atoms with Gasteiger partial charge in [-0.2, -0.15) is 9.29 Å². The first-order valence-electron chi connectivity index (χ1n) is 11.6. The van der Waals surface area contributed by atoms with Crippen LogP contribution in [0.1, 0.15) is 49.1 Å². The fourth-order valence-electron chi connectivity index (χ4n) is 3.85. The summed E-state index contributed by atoms with van der Waals surface area (Å²) >= 11 is 0. The van der Waals surface area contributed by atoms with E-state index in [2.05, 4.69) is 10.1 Å². The minimum absolute atomic E-state index is 0.0682. The zero-order valence-corrected chi connectivity index (χ0v) is 20.1. The molecular weight excluding hydrogens is 454 g/mol. The number of carbonyl (C=O) groups excluding carboxylic acids is 1. The molecule has 8 nitrogen and oxygen atoms in total. The highest BCUT2D eigenvalue weighted by Crippen LogP contribution is 2.21. The standard InChI is InChI=1S/C25H29N3O5S/c1-19-6-11-21(12-7-19)25-26-23(27-33-25)18-32-24(29)15-10-20-8-13-22(14-9-20)34(30,31)28-16-4-2-3-5-17-28/h6-9,11-14H,2-5,10,15-18H2,1H3. The van der Waals surface area contributed by atoms with E-state index >= 15 is 0 Å². The van der Waals surface area contributed by atoms with Crippen LogP contribution in [0.25, 0.3) is 11.5 Å². The Labute approximate surface area is 200 Å². The largest absolute Gasteiger partial charge is 0.457 e. The lowest BCUT2D eigenvalue weighted by Gasteiger charge is -2.20. The Kier molecular flexibility index (Phi) is 7.74. The first-order chi connectivity index (χ1) is 16.4. The fraction of sp³-hybridized carbons (Fsp3) is 0.400. The van der Waals surface area contributed by atoms with Crippen molar-refractivity contribution in [3.8, 4) is 11.5 Å².